The van der Waals surface area contributed by atoms with Gasteiger partial charge in [-0.1, -0.05) is 41.9 Å². The summed E-state index contributed by atoms with van der Waals surface area (Å²) in [5.41, 5.74) is 0.712. The van der Waals surface area contributed by atoms with Crippen LogP contribution in [-0.4, -0.2) is 35.2 Å². The molecule has 0 aromatic heterocycles. The maximum atomic E-state index is 10.7. The van der Waals surface area contributed by atoms with Crippen LogP contribution in [0, 0.1) is 5.92 Å². The first-order valence-electron chi connectivity index (χ1n) is 7.16. The van der Waals surface area contributed by atoms with Gasteiger partial charge in [-0.2, -0.15) is 0 Å². The molecule has 106 valence electrons. The monoisotopic (exact) mass is 325 g/mol. The number of piperidine rings is 1. The van der Waals surface area contributed by atoms with E-state index >= 15 is 0 Å². The zero-order valence-corrected chi connectivity index (χ0v) is 13.5. The van der Waals surface area contributed by atoms with Crippen molar-refractivity contribution >= 4 is 15.9 Å². The number of benzene rings is 1. The van der Waals surface area contributed by atoms with Gasteiger partial charge in [-0.25, -0.2) is 0 Å². The Morgan fingerprint density at radius 2 is 1.79 bits per heavy atom. The molecule has 1 saturated heterocycles. The van der Waals surface area contributed by atoms with Gasteiger partial charge in [0.1, 0.15) is 0 Å². The predicted molar refractivity (Wildman–Crippen MR) is 83.3 cm³/mol. The van der Waals surface area contributed by atoms with Crippen molar-refractivity contribution in [1.82, 2.24) is 4.90 Å². The first-order chi connectivity index (χ1) is 8.97. The Kier molecular flexibility index (Phi) is 5.04. The zero-order chi connectivity index (χ0) is 13.9. The van der Waals surface area contributed by atoms with E-state index in [9.17, 15) is 5.11 Å². The van der Waals surface area contributed by atoms with Crippen LogP contribution in [0.25, 0.3) is 0 Å². The van der Waals surface area contributed by atoms with Crippen molar-refractivity contribution in [1.29, 1.82) is 0 Å². The summed E-state index contributed by atoms with van der Waals surface area (Å²) in [6, 6.07) is 8.30. The number of rotatable bonds is 4. The van der Waals surface area contributed by atoms with E-state index in [0.717, 1.165) is 43.4 Å². The van der Waals surface area contributed by atoms with Gasteiger partial charge >= 0.3 is 0 Å². The second-order valence-corrected chi connectivity index (χ2v) is 7.14. The van der Waals surface area contributed by atoms with Gasteiger partial charge in [-0.3, -0.25) is 0 Å². The lowest BCUT2D eigenvalue weighted by Gasteiger charge is -2.39. The number of hydrogen-bond acceptors (Lipinski definition) is 2. The van der Waals surface area contributed by atoms with E-state index in [0.29, 0.717) is 5.92 Å². The Bertz CT molecular complexity index is 394. The quantitative estimate of drug-likeness (QED) is 0.916. The molecule has 1 aromatic carbocycles. The van der Waals surface area contributed by atoms with Gasteiger partial charge in [0.2, 0.25) is 0 Å². The number of nitrogens with zero attached hydrogens (tertiary/aromatic N) is 1. The molecule has 3 heteroatoms. The number of halogens is 1. The lowest BCUT2D eigenvalue weighted by atomic mass is 9.85. The molecule has 0 radical (unpaired) electrons. The third-order valence-electron chi connectivity index (χ3n) is 3.86. The largest absolute Gasteiger partial charge is 0.389 e. The van der Waals surface area contributed by atoms with Crippen LogP contribution in [0.5, 0.6) is 0 Å². The molecule has 0 aliphatic carbocycles. The van der Waals surface area contributed by atoms with Crippen molar-refractivity contribution < 1.29 is 5.11 Å². The van der Waals surface area contributed by atoms with E-state index in [1.807, 2.05) is 12.1 Å². The molecule has 1 N–H and O–H groups in total. The average Bonchev–Trinajstić information content (AvgIpc) is 2.35. The molecule has 1 aliphatic rings. The van der Waals surface area contributed by atoms with Crippen LogP contribution in [-0.2, 0) is 6.42 Å². The summed E-state index contributed by atoms with van der Waals surface area (Å²) in [6.07, 6.45) is 2.54. The minimum absolute atomic E-state index is 0.513. The molecule has 19 heavy (non-hydrogen) atoms. The van der Waals surface area contributed by atoms with E-state index < -0.39 is 5.60 Å². The summed E-state index contributed by atoms with van der Waals surface area (Å²) in [7, 11) is 0. The molecular formula is C16H24BrNO. The lowest BCUT2D eigenvalue weighted by molar-refractivity contribution is -0.0227. The summed E-state index contributed by atoms with van der Waals surface area (Å²) in [5, 5.41) is 10.7. The Morgan fingerprint density at radius 3 is 2.32 bits per heavy atom. The summed E-state index contributed by atoms with van der Waals surface area (Å²) >= 11 is 3.45. The van der Waals surface area contributed by atoms with Crippen LogP contribution in [0.3, 0.4) is 0 Å². The van der Waals surface area contributed by atoms with Crippen LogP contribution in [0.15, 0.2) is 28.7 Å². The number of likely N-dealkylation sites (tertiary alicyclic amines) is 1. The molecular weight excluding hydrogens is 302 g/mol. The lowest BCUT2D eigenvalue weighted by Crippen LogP contribution is -2.46. The molecule has 0 spiro atoms. The van der Waals surface area contributed by atoms with E-state index in [2.05, 4.69) is 46.8 Å². The SMILES string of the molecule is CC(C)CN1CCC(O)(Cc2ccc(Br)cc2)CC1. The summed E-state index contributed by atoms with van der Waals surface area (Å²) < 4.78 is 1.09. The molecule has 0 amide bonds. The maximum absolute atomic E-state index is 10.7. The summed E-state index contributed by atoms with van der Waals surface area (Å²) in [5.74, 6) is 0.706. The Morgan fingerprint density at radius 1 is 1.21 bits per heavy atom. The van der Waals surface area contributed by atoms with Gasteiger partial charge in [-0.15, -0.1) is 0 Å². The van der Waals surface area contributed by atoms with Crippen molar-refractivity contribution in [2.24, 2.45) is 5.92 Å². The minimum Gasteiger partial charge on any atom is -0.389 e. The first-order valence-corrected chi connectivity index (χ1v) is 7.95. The van der Waals surface area contributed by atoms with Gasteiger partial charge in [0.05, 0.1) is 5.60 Å². The Balaban J connectivity index is 1.89. The van der Waals surface area contributed by atoms with Crippen molar-refractivity contribution in [2.75, 3.05) is 19.6 Å². The number of aliphatic hydroxyl groups is 1. The highest BCUT2D eigenvalue weighted by atomic mass is 79.9. The topological polar surface area (TPSA) is 23.5 Å². The van der Waals surface area contributed by atoms with Gasteiger partial charge in [0, 0.05) is 30.5 Å². The molecule has 1 aliphatic heterocycles. The van der Waals surface area contributed by atoms with Crippen LogP contribution in [0.2, 0.25) is 0 Å². The van der Waals surface area contributed by atoms with E-state index in [1.54, 1.807) is 0 Å². The molecule has 1 aromatic rings. The fraction of sp³-hybridized carbons (Fsp3) is 0.625. The smallest absolute Gasteiger partial charge is 0.0712 e. The van der Waals surface area contributed by atoms with Crippen LogP contribution < -0.4 is 0 Å². The fourth-order valence-corrected chi connectivity index (χ4v) is 3.09. The molecule has 0 saturated carbocycles. The molecule has 2 rings (SSSR count). The standard InChI is InChI=1S/C16H24BrNO/c1-13(2)12-18-9-7-16(19,8-10-18)11-14-3-5-15(17)6-4-14/h3-6,13,19H,7-12H2,1-2H3. The summed E-state index contributed by atoms with van der Waals surface area (Å²) in [4.78, 5) is 2.47. The molecule has 0 unspecified atom stereocenters. The van der Waals surface area contributed by atoms with Crippen LogP contribution >= 0.6 is 15.9 Å². The minimum atomic E-state index is -0.513. The number of hydrogen-bond donors (Lipinski definition) is 1. The second-order valence-electron chi connectivity index (χ2n) is 6.22. The van der Waals surface area contributed by atoms with Crippen LogP contribution in [0.1, 0.15) is 32.3 Å². The van der Waals surface area contributed by atoms with Crippen molar-refractivity contribution in [3.05, 3.63) is 34.3 Å². The van der Waals surface area contributed by atoms with Crippen molar-refractivity contribution in [3.63, 3.8) is 0 Å². The fourth-order valence-electron chi connectivity index (χ4n) is 2.83. The second kappa shape index (κ2) is 6.38. The predicted octanol–water partition coefficient (Wildman–Crippen LogP) is 3.47. The molecule has 2 nitrogen and oxygen atoms in total. The highest BCUT2D eigenvalue weighted by Gasteiger charge is 2.32. The molecule has 0 atom stereocenters. The highest BCUT2D eigenvalue weighted by Crippen LogP contribution is 2.27. The van der Waals surface area contributed by atoms with Gasteiger partial charge in [0.15, 0.2) is 0 Å². The maximum Gasteiger partial charge on any atom is 0.0712 e. The van der Waals surface area contributed by atoms with Gasteiger partial charge in [0.25, 0.3) is 0 Å². The summed E-state index contributed by atoms with van der Waals surface area (Å²) in [6.45, 7) is 7.69. The van der Waals surface area contributed by atoms with Crippen molar-refractivity contribution in [2.45, 2.75) is 38.7 Å². The molecule has 1 fully saturated rings. The van der Waals surface area contributed by atoms with E-state index in [4.69, 9.17) is 0 Å². The third-order valence-corrected chi connectivity index (χ3v) is 4.39. The van der Waals surface area contributed by atoms with E-state index in [-0.39, 0.29) is 0 Å². The van der Waals surface area contributed by atoms with Gasteiger partial charge in [-0.05, 0) is 36.5 Å². The average molecular weight is 326 g/mol. The van der Waals surface area contributed by atoms with Crippen LogP contribution in [0.4, 0.5) is 0 Å². The third kappa shape index (κ3) is 4.59. The van der Waals surface area contributed by atoms with Crippen molar-refractivity contribution in [3.8, 4) is 0 Å². The van der Waals surface area contributed by atoms with Gasteiger partial charge < -0.3 is 10.0 Å². The molecule has 1 heterocycles. The molecule has 0 bridgehead atoms. The highest BCUT2D eigenvalue weighted by molar-refractivity contribution is 9.10. The first kappa shape index (κ1) is 15.0. The van der Waals surface area contributed by atoms with E-state index in [1.165, 1.54) is 5.56 Å². The zero-order valence-electron chi connectivity index (χ0n) is 11.9. The normalized spacial score (nSPS) is 19.8. The Hall–Kier alpha value is -0.380. The Labute approximate surface area is 124 Å².